The second-order valence-electron chi connectivity index (χ2n) is 5.07. The van der Waals surface area contributed by atoms with Crippen LogP contribution >= 0.6 is 11.6 Å². The fourth-order valence-electron chi connectivity index (χ4n) is 2.48. The highest BCUT2D eigenvalue weighted by atomic mass is 35.5. The van der Waals surface area contributed by atoms with Crippen molar-refractivity contribution in [2.75, 3.05) is 7.05 Å². The molecule has 0 heterocycles. The van der Waals surface area contributed by atoms with Gasteiger partial charge in [0.05, 0.1) is 6.04 Å². The smallest absolute Gasteiger partial charge is 0.0577 e. The van der Waals surface area contributed by atoms with Crippen LogP contribution in [0, 0.1) is 20.8 Å². The summed E-state index contributed by atoms with van der Waals surface area (Å²) in [4.78, 5) is 0. The molecule has 0 aliphatic carbocycles. The fraction of sp³-hybridized carbons (Fsp3) is 0.294. The average molecular weight is 274 g/mol. The molecule has 2 rings (SSSR count). The molecule has 0 spiro atoms. The van der Waals surface area contributed by atoms with Gasteiger partial charge in [0, 0.05) is 5.02 Å². The third-order valence-electron chi connectivity index (χ3n) is 3.66. The molecule has 1 N–H and O–H groups in total. The quantitative estimate of drug-likeness (QED) is 0.863. The number of benzene rings is 2. The number of halogens is 1. The monoisotopic (exact) mass is 273 g/mol. The minimum atomic E-state index is 0.179. The van der Waals surface area contributed by atoms with Crippen molar-refractivity contribution >= 4 is 11.6 Å². The lowest BCUT2D eigenvalue weighted by atomic mass is 9.92. The highest BCUT2D eigenvalue weighted by Crippen LogP contribution is 2.28. The van der Waals surface area contributed by atoms with Gasteiger partial charge in [0.1, 0.15) is 0 Å². The first-order valence-electron chi connectivity index (χ1n) is 6.53. The molecule has 0 bridgehead atoms. The van der Waals surface area contributed by atoms with Crippen molar-refractivity contribution in [2.24, 2.45) is 0 Å². The third-order valence-corrected chi connectivity index (χ3v) is 3.90. The lowest BCUT2D eigenvalue weighted by molar-refractivity contribution is 0.686. The SMILES string of the molecule is CNC(c1cccc(Cl)c1)c1cc(C)c(C)cc1C. The van der Waals surface area contributed by atoms with Gasteiger partial charge in [-0.3, -0.25) is 0 Å². The Balaban J connectivity index is 2.51. The van der Waals surface area contributed by atoms with Gasteiger partial charge < -0.3 is 5.32 Å². The maximum atomic E-state index is 6.10. The van der Waals surface area contributed by atoms with Crippen LogP contribution in [0.15, 0.2) is 36.4 Å². The number of hydrogen-bond donors (Lipinski definition) is 1. The number of hydrogen-bond acceptors (Lipinski definition) is 1. The molecule has 0 fully saturated rings. The summed E-state index contributed by atoms with van der Waals surface area (Å²) in [5.41, 5.74) is 6.47. The summed E-state index contributed by atoms with van der Waals surface area (Å²) in [5.74, 6) is 0. The summed E-state index contributed by atoms with van der Waals surface area (Å²) in [6.07, 6.45) is 0. The van der Waals surface area contributed by atoms with Gasteiger partial charge in [-0.15, -0.1) is 0 Å². The van der Waals surface area contributed by atoms with Crippen LogP contribution in [-0.2, 0) is 0 Å². The van der Waals surface area contributed by atoms with Crippen LogP contribution in [0.4, 0.5) is 0 Å². The second-order valence-corrected chi connectivity index (χ2v) is 5.51. The maximum Gasteiger partial charge on any atom is 0.0577 e. The van der Waals surface area contributed by atoms with E-state index in [0.717, 1.165) is 5.02 Å². The van der Waals surface area contributed by atoms with Gasteiger partial charge in [-0.2, -0.15) is 0 Å². The predicted molar refractivity (Wildman–Crippen MR) is 83.0 cm³/mol. The Hall–Kier alpha value is -1.31. The molecule has 0 amide bonds. The van der Waals surface area contributed by atoms with Crippen molar-refractivity contribution in [3.8, 4) is 0 Å². The van der Waals surface area contributed by atoms with Crippen LogP contribution in [0.2, 0.25) is 5.02 Å². The van der Waals surface area contributed by atoms with Gasteiger partial charge in [0.15, 0.2) is 0 Å². The van der Waals surface area contributed by atoms with Crippen molar-refractivity contribution in [1.82, 2.24) is 5.32 Å². The lowest BCUT2D eigenvalue weighted by Gasteiger charge is -2.21. The van der Waals surface area contributed by atoms with Gasteiger partial charge in [0.2, 0.25) is 0 Å². The van der Waals surface area contributed by atoms with E-state index >= 15 is 0 Å². The zero-order chi connectivity index (χ0) is 14.0. The predicted octanol–water partition coefficient (Wildman–Crippen LogP) is 4.57. The maximum absolute atomic E-state index is 6.10. The molecular weight excluding hydrogens is 254 g/mol. The van der Waals surface area contributed by atoms with Crippen LogP contribution in [0.5, 0.6) is 0 Å². The Morgan fingerprint density at radius 1 is 0.947 bits per heavy atom. The van der Waals surface area contributed by atoms with E-state index in [1.54, 1.807) is 0 Å². The fourth-order valence-corrected chi connectivity index (χ4v) is 2.68. The van der Waals surface area contributed by atoms with E-state index in [0.29, 0.717) is 0 Å². The molecule has 0 radical (unpaired) electrons. The molecule has 0 saturated carbocycles. The molecule has 0 aliphatic heterocycles. The van der Waals surface area contributed by atoms with E-state index in [1.807, 2.05) is 25.2 Å². The second kappa shape index (κ2) is 5.77. The van der Waals surface area contributed by atoms with Crippen LogP contribution < -0.4 is 5.32 Å². The van der Waals surface area contributed by atoms with E-state index in [2.05, 4.69) is 44.3 Å². The Bertz CT molecular complexity index is 590. The van der Waals surface area contributed by atoms with Crippen molar-refractivity contribution in [3.05, 3.63) is 69.2 Å². The van der Waals surface area contributed by atoms with Crippen molar-refractivity contribution in [2.45, 2.75) is 26.8 Å². The molecule has 19 heavy (non-hydrogen) atoms. The van der Waals surface area contributed by atoms with Crippen LogP contribution in [-0.4, -0.2) is 7.05 Å². The van der Waals surface area contributed by atoms with E-state index in [4.69, 9.17) is 11.6 Å². The molecule has 100 valence electrons. The minimum absolute atomic E-state index is 0.179. The van der Waals surface area contributed by atoms with E-state index < -0.39 is 0 Å². The Morgan fingerprint density at radius 2 is 1.63 bits per heavy atom. The zero-order valence-electron chi connectivity index (χ0n) is 11.9. The molecule has 1 atom stereocenters. The first-order valence-corrected chi connectivity index (χ1v) is 6.91. The molecule has 0 saturated heterocycles. The molecule has 1 nitrogen and oxygen atoms in total. The van der Waals surface area contributed by atoms with Crippen LogP contribution in [0.3, 0.4) is 0 Å². The Labute approximate surface area is 120 Å². The molecule has 2 aromatic rings. The van der Waals surface area contributed by atoms with Crippen LogP contribution in [0.25, 0.3) is 0 Å². The number of aryl methyl sites for hydroxylation is 3. The van der Waals surface area contributed by atoms with Gasteiger partial charge in [-0.1, -0.05) is 35.9 Å². The van der Waals surface area contributed by atoms with E-state index in [1.165, 1.54) is 27.8 Å². The standard InChI is InChI=1S/C17H20ClN/c1-11-8-13(3)16(9-12(11)2)17(19-4)14-6-5-7-15(18)10-14/h5-10,17,19H,1-4H3. The highest BCUT2D eigenvalue weighted by molar-refractivity contribution is 6.30. The zero-order valence-corrected chi connectivity index (χ0v) is 12.7. The summed E-state index contributed by atoms with van der Waals surface area (Å²) in [6, 6.07) is 12.7. The number of nitrogens with one attached hydrogen (secondary N) is 1. The average Bonchev–Trinajstić information content (AvgIpc) is 2.36. The number of rotatable bonds is 3. The molecular formula is C17H20ClN. The molecule has 2 aromatic carbocycles. The van der Waals surface area contributed by atoms with Crippen molar-refractivity contribution in [3.63, 3.8) is 0 Å². The van der Waals surface area contributed by atoms with Gasteiger partial charge in [-0.25, -0.2) is 0 Å². The summed E-state index contributed by atoms with van der Waals surface area (Å²) in [7, 11) is 1.99. The lowest BCUT2D eigenvalue weighted by Crippen LogP contribution is -2.19. The third kappa shape index (κ3) is 2.99. The highest BCUT2D eigenvalue weighted by Gasteiger charge is 2.15. The normalized spacial score (nSPS) is 12.5. The molecule has 1 unspecified atom stereocenters. The largest absolute Gasteiger partial charge is 0.309 e. The summed E-state index contributed by atoms with van der Waals surface area (Å²) in [5, 5.41) is 4.17. The Kier molecular flexibility index (Phi) is 4.28. The minimum Gasteiger partial charge on any atom is -0.309 e. The topological polar surface area (TPSA) is 12.0 Å². The van der Waals surface area contributed by atoms with Crippen molar-refractivity contribution < 1.29 is 0 Å². The Morgan fingerprint density at radius 3 is 2.26 bits per heavy atom. The first kappa shape index (κ1) is 14.1. The van der Waals surface area contributed by atoms with Gasteiger partial charge >= 0.3 is 0 Å². The van der Waals surface area contributed by atoms with Gasteiger partial charge in [-0.05, 0) is 67.8 Å². The first-order chi connectivity index (χ1) is 9.02. The van der Waals surface area contributed by atoms with Gasteiger partial charge in [0.25, 0.3) is 0 Å². The van der Waals surface area contributed by atoms with E-state index in [-0.39, 0.29) is 6.04 Å². The molecule has 0 aromatic heterocycles. The summed E-state index contributed by atoms with van der Waals surface area (Å²) < 4.78 is 0. The van der Waals surface area contributed by atoms with Crippen molar-refractivity contribution in [1.29, 1.82) is 0 Å². The molecule has 0 aliphatic rings. The summed E-state index contributed by atoms with van der Waals surface area (Å²) >= 11 is 6.10. The summed E-state index contributed by atoms with van der Waals surface area (Å²) in [6.45, 7) is 6.47. The van der Waals surface area contributed by atoms with Crippen LogP contribution in [0.1, 0.15) is 33.9 Å². The van der Waals surface area contributed by atoms with E-state index in [9.17, 15) is 0 Å². The molecule has 2 heteroatoms.